The molecule has 0 aliphatic heterocycles. The van der Waals surface area contributed by atoms with Gasteiger partial charge in [0.1, 0.15) is 0 Å². The number of rotatable bonds is 4. The molecule has 0 saturated heterocycles. The number of nitrogens with zero attached hydrogens (tertiary/aromatic N) is 2. The van der Waals surface area contributed by atoms with Gasteiger partial charge in [0.15, 0.2) is 5.16 Å². The molecular weight excluding hydrogens is 363 g/mol. The Hall–Kier alpha value is -1.80. The zero-order valence-electron chi connectivity index (χ0n) is 12.7. The van der Waals surface area contributed by atoms with E-state index in [4.69, 9.17) is 11.6 Å². The van der Waals surface area contributed by atoms with Crippen LogP contribution in [0.25, 0.3) is 0 Å². The van der Waals surface area contributed by atoms with Crippen molar-refractivity contribution >= 4 is 35.0 Å². The van der Waals surface area contributed by atoms with Crippen LogP contribution in [0, 0.1) is 13.8 Å². The third kappa shape index (κ3) is 5.10. The number of hydrogen-bond acceptors (Lipinski definition) is 4. The van der Waals surface area contributed by atoms with Crippen LogP contribution in [0.4, 0.5) is 18.9 Å². The molecule has 0 aliphatic carbocycles. The van der Waals surface area contributed by atoms with Crippen LogP contribution in [0.15, 0.2) is 29.4 Å². The van der Waals surface area contributed by atoms with Crippen molar-refractivity contribution in [2.24, 2.45) is 0 Å². The van der Waals surface area contributed by atoms with Crippen LogP contribution in [-0.4, -0.2) is 21.6 Å². The molecule has 2 rings (SSSR count). The maximum absolute atomic E-state index is 12.6. The van der Waals surface area contributed by atoms with Crippen LogP contribution in [-0.2, 0) is 11.0 Å². The van der Waals surface area contributed by atoms with Gasteiger partial charge >= 0.3 is 6.18 Å². The number of anilines is 1. The highest BCUT2D eigenvalue weighted by atomic mass is 35.5. The second-order valence-electron chi connectivity index (χ2n) is 4.96. The minimum Gasteiger partial charge on any atom is -0.324 e. The third-order valence-electron chi connectivity index (χ3n) is 2.86. The number of aryl methyl sites for hydroxylation is 2. The summed E-state index contributed by atoms with van der Waals surface area (Å²) in [7, 11) is 0. The van der Waals surface area contributed by atoms with Crippen molar-refractivity contribution in [2.75, 3.05) is 11.1 Å². The van der Waals surface area contributed by atoms with E-state index in [0.29, 0.717) is 5.16 Å². The Balaban J connectivity index is 1.99. The van der Waals surface area contributed by atoms with Gasteiger partial charge in [-0.15, -0.1) is 0 Å². The first-order chi connectivity index (χ1) is 11.1. The lowest BCUT2D eigenvalue weighted by Gasteiger charge is -2.11. The Labute approximate surface area is 145 Å². The molecular formula is C15H13ClF3N3OS. The Kier molecular flexibility index (Phi) is 5.71. The summed E-state index contributed by atoms with van der Waals surface area (Å²) in [6, 6.07) is 4.58. The largest absolute Gasteiger partial charge is 0.416 e. The van der Waals surface area contributed by atoms with E-state index in [1.165, 1.54) is 0 Å². The Morgan fingerprint density at radius 3 is 2.38 bits per heavy atom. The summed E-state index contributed by atoms with van der Waals surface area (Å²) in [6.45, 7) is 3.64. The second kappa shape index (κ2) is 7.40. The summed E-state index contributed by atoms with van der Waals surface area (Å²) in [5.41, 5.74) is 0.826. The predicted molar refractivity (Wildman–Crippen MR) is 87.3 cm³/mol. The molecule has 0 atom stereocenters. The predicted octanol–water partition coefficient (Wildman–Crippen LogP) is 4.50. The molecule has 9 heteroatoms. The summed E-state index contributed by atoms with van der Waals surface area (Å²) >= 11 is 6.92. The molecule has 0 bridgehead atoms. The monoisotopic (exact) mass is 375 g/mol. The first kappa shape index (κ1) is 18.5. The molecule has 1 aromatic carbocycles. The summed E-state index contributed by atoms with van der Waals surface area (Å²) in [5.74, 6) is -0.398. The Morgan fingerprint density at radius 1 is 1.21 bits per heavy atom. The normalized spacial score (nSPS) is 11.4. The standard InChI is InChI=1S/C15H13ClF3N3OS/c1-8-5-9(2)21-14(20-8)24-7-13(23)22-12-4-3-10(6-11(12)16)15(17,18)19/h3-6H,7H2,1-2H3,(H,22,23). The zero-order chi connectivity index (χ0) is 17.9. The van der Waals surface area contributed by atoms with Crippen molar-refractivity contribution in [3.63, 3.8) is 0 Å². The number of carbonyl (C=O) groups excluding carboxylic acids is 1. The van der Waals surface area contributed by atoms with Crippen molar-refractivity contribution in [2.45, 2.75) is 25.2 Å². The van der Waals surface area contributed by atoms with E-state index in [0.717, 1.165) is 41.3 Å². The van der Waals surface area contributed by atoms with Gasteiger partial charge in [0.05, 0.1) is 22.0 Å². The molecule has 0 spiro atoms. The zero-order valence-corrected chi connectivity index (χ0v) is 14.3. The van der Waals surface area contributed by atoms with E-state index in [1.54, 1.807) is 0 Å². The van der Waals surface area contributed by atoms with E-state index in [1.807, 2.05) is 19.9 Å². The molecule has 1 amide bonds. The Bertz CT molecular complexity index is 748. The van der Waals surface area contributed by atoms with E-state index in [9.17, 15) is 18.0 Å². The molecule has 1 heterocycles. The number of alkyl halides is 3. The average molecular weight is 376 g/mol. The van der Waals surface area contributed by atoms with Gasteiger partial charge in [-0.1, -0.05) is 23.4 Å². The number of carbonyl (C=O) groups is 1. The molecule has 0 unspecified atom stereocenters. The van der Waals surface area contributed by atoms with Gasteiger partial charge in [0, 0.05) is 11.4 Å². The molecule has 0 aliphatic rings. The number of amides is 1. The van der Waals surface area contributed by atoms with Gasteiger partial charge in [-0.2, -0.15) is 13.2 Å². The lowest BCUT2D eigenvalue weighted by Crippen LogP contribution is -2.15. The summed E-state index contributed by atoms with van der Waals surface area (Å²) in [6.07, 6.45) is -4.48. The lowest BCUT2D eigenvalue weighted by molar-refractivity contribution is -0.137. The van der Waals surface area contributed by atoms with Gasteiger partial charge in [0.2, 0.25) is 5.91 Å². The van der Waals surface area contributed by atoms with Crippen LogP contribution < -0.4 is 5.32 Å². The number of benzene rings is 1. The summed E-state index contributed by atoms with van der Waals surface area (Å²) < 4.78 is 37.7. The topological polar surface area (TPSA) is 54.9 Å². The fraction of sp³-hybridized carbons (Fsp3) is 0.267. The van der Waals surface area contributed by atoms with Crippen molar-refractivity contribution in [1.29, 1.82) is 0 Å². The van der Waals surface area contributed by atoms with Gasteiger partial charge < -0.3 is 5.32 Å². The van der Waals surface area contributed by atoms with Crippen molar-refractivity contribution in [3.8, 4) is 0 Å². The smallest absolute Gasteiger partial charge is 0.324 e. The maximum Gasteiger partial charge on any atom is 0.416 e. The first-order valence-electron chi connectivity index (χ1n) is 6.77. The third-order valence-corrected chi connectivity index (χ3v) is 4.02. The molecule has 0 radical (unpaired) electrons. The molecule has 0 saturated carbocycles. The fourth-order valence-electron chi connectivity index (χ4n) is 1.87. The highest BCUT2D eigenvalue weighted by Crippen LogP contribution is 2.33. The van der Waals surface area contributed by atoms with Crippen LogP contribution >= 0.6 is 23.4 Å². The average Bonchev–Trinajstić information content (AvgIpc) is 2.45. The highest BCUT2D eigenvalue weighted by molar-refractivity contribution is 7.99. The van der Waals surface area contributed by atoms with Gasteiger partial charge in [-0.05, 0) is 38.1 Å². The molecule has 4 nitrogen and oxygen atoms in total. The summed E-state index contributed by atoms with van der Waals surface area (Å²) in [4.78, 5) is 20.3. The van der Waals surface area contributed by atoms with Gasteiger partial charge in [-0.3, -0.25) is 4.79 Å². The van der Waals surface area contributed by atoms with E-state index < -0.39 is 17.6 Å². The van der Waals surface area contributed by atoms with Crippen LogP contribution in [0.1, 0.15) is 17.0 Å². The minimum absolute atomic E-state index is 0.0141. The molecule has 1 N–H and O–H groups in total. The SMILES string of the molecule is Cc1cc(C)nc(SCC(=O)Nc2ccc(C(F)(F)F)cc2Cl)n1. The van der Waals surface area contributed by atoms with Crippen molar-refractivity contribution in [1.82, 2.24) is 9.97 Å². The second-order valence-corrected chi connectivity index (χ2v) is 6.31. The number of halogens is 4. The Morgan fingerprint density at radius 2 is 1.83 bits per heavy atom. The number of hydrogen-bond donors (Lipinski definition) is 1. The number of thioether (sulfide) groups is 1. The highest BCUT2D eigenvalue weighted by Gasteiger charge is 2.30. The van der Waals surface area contributed by atoms with Gasteiger partial charge in [0.25, 0.3) is 0 Å². The maximum atomic E-state index is 12.6. The molecule has 128 valence electrons. The van der Waals surface area contributed by atoms with E-state index >= 15 is 0 Å². The van der Waals surface area contributed by atoms with Crippen LogP contribution in [0.2, 0.25) is 5.02 Å². The first-order valence-corrected chi connectivity index (χ1v) is 8.13. The van der Waals surface area contributed by atoms with Crippen molar-refractivity contribution < 1.29 is 18.0 Å². The molecule has 2 aromatic rings. The van der Waals surface area contributed by atoms with Crippen molar-refractivity contribution in [3.05, 3.63) is 46.2 Å². The minimum atomic E-state index is -4.48. The summed E-state index contributed by atoms with van der Waals surface area (Å²) in [5, 5.41) is 2.76. The molecule has 0 fully saturated rings. The van der Waals surface area contributed by atoms with Crippen LogP contribution in [0.3, 0.4) is 0 Å². The van der Waals surface area contributed by atoms with E-state index in [2.05, 4.69) is 15.3 Å². The molecule has 24 heavy (non-hydrogen) atoms. The fourth-order valence-corrected chi connectivity index (χ4v) is 2.84. The molecule has 1 aromatic heterocycles. The number of aromatic nitrogens is 2. The van der Waals surface area contributed by atoms with Crippen LogP contribution in [0.5, 0.6) is 0 Å². The van der Waals surface area contributed by atoms with Gasteiger partial charge in [-0.25, -0.2) is 9.97 Å². The van der Waals surface area contributed by atoms with E-state index in [-0.39, 0.29) is 16.5 Å². The lowest BCUT2D eigenvalue weighted by atomic mass is 10.2. The number of nitrogens with one attached hydrogen (secondary N) is 1. The quantitative estimate of drug-likeness (QED) is 0.631.